The lowest BCUT2D eigenvalue weighted by Crippen LogP contribution is -2.42. The van der Waals surface area contributed by atoms with Crippen molar-refractivity contribution in [1.29, 1.82) is 0 Å². The van der Waals surface area contributed by atoms with Crippen molar-refractivity contribution in [1.82, 2.24) is 0 Å². The van der Waals surface area contributed by atoms with E-state index in [9.17, 15) is 8.78 Å². The number of hydrogen-bond acceptors (Lipinski definition) is 3. The van der Waals surface area contributed by atoms with E-state index in [-0.39, 0.29) is 13.0 Å². The average molecular weight is 318 g/mol. The fraction of sp³-hybridized carbons (Fsp3) is 0.333. The first-order chi connectivity index (χ1) is 11.0. The molecule has 2 N–H and O–H groups in total. The van der Waals surface area contributed by atoms with Gasteiger partial charge in [0.15, 0.2) is 0 Å². The van der Waals surface area contributed by atoms with E-state index >= 15 is 0 Å². The maximum absolute atomic E-state index is 13.7. The van der Waals surface area contributed by atoms with E-state index in [0.717, 1.165) is 5.56 Å². The molecule has 0 aliphatic carbocycles. The van der Waals surface area contributed by atoms with E-state index in [0.29, 0.717) is 36.7 Å². The van der Waals surface area contributed by atoms with E-state index in [2.05, 4.69) is 0 Å². The number of nitrogens with two attached hydrogens (primary N) is 1. The Morgan fingerprint density at radius 2 is 1.91 bits per heavy atom. The molecule has 3 rings (SSSR count). The summed E-state index contributed by atoms with van der Waals surface area (Å²) in [6, 6.07) is 14.9. The zero-order valence-corrected chi connectivity index (χ0v) is 12.8. The zero-order chi connectivity index (χ0) is 16.3. The molecule has 0 saturated carbocycles. The SMILES string of the molecule is Nc1ccc(OCc2ccccc2)c(N2CCCC(F)(F)C2)c1. The first-order valence-electron chi connectivity index (χ1n) is 7.72. The van der Waals surface area contributed by atoms with E-state index in [1.165, 1.54) is 0 Å². The van der Waals surface area contributed by atoms with Gasteiger partial charge in [0.2, 0.25) is 0 Å². The molecule has 0 unspecified atom stereocenters. The third kappa shape index (κ3) is 3.92. The summed E-state index contributed by atoms with van der Waals surface area (Å²) in [5.41, 5.74) is 8.05. The van der Waals surface area contributed by atoms with Crippen molar-refractivity contribution in [2.75, 3.05) is 23.7 Å². The molecule has 0 amide bonds. The summed E-state index contributed by atoms with van der Waals surface area (Å²) in [4.78, 5) is 1.67. The number of hydrogen-bond donors (Lipinski definition) is 1. The molecule has 2 aromatic carbocycles. The molecule has 1 saturated heterocycles. The van der Waals surface area contributed by atoms with Gasteiger partial charge in [-0.3, -0.25) is 0 Å². The lowest BCUT2D eigenvalue weighted by molar-refractivity contribution is -0.0117. The number of ether oxygens (including phenoxy) is 1. The van der Waals surface area contributed by atoms with Crippen LogP contribution in [0.15, 0.2) is 48.5 Å². The molecule has 1 aliphatic rings. The highest BCUT2D eigenvalue weighted by molar-refractivity contribution is 5.65. The van der Waals surface area contributed by atoms with Gasteiger partial charge in [0.1, 0.15) is 12.4 Å². The Morgan fingerprint density at radius 1 is 1.13 bits per heavy atom. The van der Waals surface area contributed by atoms with Crippen LogP contribution in [0, 0.1) is 0 Å². The second kappa shape index (κ2) is 6.44. The van der Waals surface area contributed by atoms with Crippen LogP contribution in [0.3, 0.4) is 0 Å². The van der Waals surface area contributed by atoms with Crippen LogP contribution in [0.4, 0.5) is 20.2 Å². The number of anilines is 2. The van der Waals surface area contributed by atoms with Crippen LogP contribution in [0.25, 0.3) is 0 Å². The van der Waals surface area contributed by atoms with Crippen LogP contribution in [0.2, 0.25) is 0 Å². The van der Waals surface area contributed by atoms with Gasteiger partial charge in [-0.05, 0) is 30.2 Å². The van der Waals surface area contributed by atoms with E-state index < -0.39 is 5.92 Å². The van der Waals surface area contributed by atoms with Gasteiger partial charge in [0, 0.05) is 18.7 Å². The van der Waals surface area contributed by atoms with Crippen molar-refractivity contribution in [3.63, 3.8) is 0 Å². The summed E-state index contributed by atoms with van der Waals surface area (Å²) in [6.45, 7) is 0.681. The first kappa shape index (κ1) is 15.6. The molecule has 2 aromatic rings. The number of rotatable bonds is 4. The van der Waals surface area contributed by atoms with Crippen molar-refractivity contribution in [2.45, 2.75) is 25.4 Å². The maximum atomic E-state index is 13.7. The minimum Gasteiger partial charge on any atom is -0.487 e. The van der Waals surface area contributed by atoms with Crippen LogP contribution in [0.1, 0.15) is 18.4 Å². The van der Waals surface area contributed by atoms with E-state index in [1.54, 1.807) is 23.1 Å². The van der Waals surface area contributed by atoms with Gasteiger partial charge in [0.25, 0.3) is 5.92 Å². The molecule has 5 heteroatoms. The summed E-state index contributed by atoms with van der Waals surface area (Å²) in [7, 11) is 0. The quantitative estimate of drug-likeness (QED) is 0.863. The molecule has 122 valence electrons. The van der Waals surface area contributed by atoms with Crippen LogP contribution in [-0.4, -0.2) is 19.0 Å². The van der Waals surface area contributed by atoms with Gasteiger partial charge in [-0.25, -0.2) is 8.78 Å². The highest BCUT2D eigenvalue weighted by atomic mass is 19.3. The lowest BCUT2D eigenvalue weighted by atomic mass is 10.1. The first-order valence-corrected chi connectivity index (χ1v) is 7.72. The fourth-order valence-corrected chi connectivity index (χ4v) is 2.81. The smallest absolute Gasteiger partial charge is 0.265 e. The molecule has 0 spiro atoms. The number of nitrogens with zero attached hydrogens (tertiary/aromatic N) is 1. The van der Waals surface area contributed by atoms with Crippen molar-refractivity contribution in [3.05, 3.63) is 54.1 Å². The minimum absolute atomic E-state index is 0.0635. The molecule has 3 nitrogen and oxygen atoms in total. The Morgan fingerprint density at radius 3 is 2.65 bits per heavy atom. The number of benzene rings is 2. The van der Waals surface area contributed by atoms with Crippen LogP contribution >= 0.6 is 0 Å². The van der Waals surface area contributed by atoms with Crippen molar-refractivity contribution in [2.24, 2.45) is 0 Å². The van der Waals surface area contributed by atoms with Gasteiger partial charge in [-0.1, -0.05) is 30.3 Å². The summed E-state index contributed by atoms with van der Waals surface area (Å²) in [6.07, 6.45) is 0.395. The second-order valence-electron chi connectivity index (χ2n) is 5.88. The number of halogens is 2. The molecular weight excluding hydrogens is 298 g/mol. The largest absolute Gasteiger partial charge is 0.487 e. The molecule has 1 fully saturated rings. The Bertz CT molecular complexity index is 661. The Kier molecular flexibility index (Phi) is 4.37. The standard InChI is InChI=1S/C18H20F2N2O/c19-18(20)9-4-10-22(13-18)16-11-15(21)7-8-17(16)23-12-14-5-2-1-3-6-14/h1-3,5-8,11H,4,9-10,12-13,21H2. The Labute approximate surface area is 134 Å². The molecule has 0 radical (unpaired) electrons. The van der Waals surface area contributed by atoms with Gasteiger partial charge in [-0.2, -0.15) is 0 Å². The molecule has 1 aliphatic heterocycles. The second-order valence-corrected chi connectivity index (χ2v) is 5.88. The van der Waals surface area contributed by atoms with Gasteiger partial charge in [0.05, 0.1) is 12.2 Å². The normalized spacial score (nSPS) is 17.0. The van der Waals surface area contributed by atoms with Gasteiger partial charge < -0.3 is 15.4 Å². The van der Waals surface area contributed by atoms with Crippen molar-refractivity contribution >= 4 is 11.4 Å². The molecule has 1 heterocycles. The predicted octanol–water partition coefficient (Wildman–Crippen LogP) is 4.08. The summed E-state index contributed by atoms with van der Waals surface area (Å²) in [5, 5.41) is 0. The predicted molar refractivity (Wildman–Crippen MR) is 88.0 cm³/mol. The highest BCUT2D eigenvalue weighted by Gasteiger charge is 2.36. The molecular formula is C18H20F2N2O. The topological polar surface area (TPSA) is 38.5 Å². The van der Waals surface area contributed by atoms with Crippen LogP contribution in [0.5, 0.6) is 5.75 Å². The fourth-order valence-electron chi connectivity index (χ4n) is 2.81. The maximum Gasteiger partial charge on any atom is 0.265 e. The Balaban J connectivity index is 1.80. The molecule has 0 bridgehead atoms. The lowest BCUT2D eigenvalue weighted by Gasteiger charge is -2.35. The van der Waals surface area contributed by atoms with Gasteiger partial charge >= 0.3 is 0 Å². The number of nitrogen functional groups attached to an aromatic ring is 1. The molecule has 23 heavy (non-hydrogen) atoms. The van der Waals surface area contributed by atoms with Crippen LogP contribution in [-0.2, 0) is 6.61 Å². The zero-order valence-electron chi connectivity index (χ0n) is 12.8. The summed E-state index contributed by atoms with van der Waals surface area (Å²) < 4.78 is 33.3. The van der Waals surface area contributed by atoms with Crippen molar-refractivity contribution < 1.29 is 13.5 Å². The minimum atomic E-state index is -2.67. The molecule has 0 atom stereocenters. The van der Waals surface area contributed by atoms with Gasteiger partial charge in [-0.15, -0.1) is 0 Å². The highest BCUT2D eigenvalue weighted by Crippen LogP contribution is 2.36. The van der Waals surface area contributed by atoms with Crippen LogP contribution < -0.4 is 15.4 Å². The third-order valence-electron chi connectivity index (χ3n) is 3.95. The summed E-state index contributed by atoms with van der Waals surface area (Å²) in [5.74, 6) is -2.08. The van der Waals surface area contributed by atoms with E-state index in [1.807, 2.05) is 30.3 Å². The Hall–Kier alpha value is -2.30. The third-order valence-corrected chi connectivity index (χ3v) is 3.95. The molecule has 0 aromatic heterocycles. The van der Waals surface area contributed by atoms with Crippen molar-refractivity contribution in [3.8, 4) is 5.75 Å². The van der Waals surface area contributed by atoms with E-state index in [4.69, 9.17) is 10.5 Å². The number of alkyl halides is 2. The number of piperidine rings is 1. The summed E-state index contributed by atoms with van der Waals surface area (Å²) >= 11 is 0. The monoisotopic (exact) mass is 318 g/mol. The average Bonchev–Trinajstić information content (AvgIpc) is 2.53.